The van der Waals surface area contributed by atoms with Crippen LogP contribution in [0.25, 0.3) is 0 Å². The van der Waals surface area contributed by atoms with E-state index in [0.717, 1.165) is 32.1 Å². The van der Waals surface area contributed by atoms with Crippen LogP contribution in [0.1, 0.15) is 51.4 Å². The minimum atomic E-state index is -1.03. The minimum Gasteiger partial charge on any atom is -0.480 e. The molecule has 0 bridgehead atoms. The van der Waals surface area contributed by atoms with Crippen molar-refractivity contribution in [3.05, 3.63) is 12.2 Å². The fourth-order valence-corrected chi connectivity index (χ4v) is 2.29. The first-order valence-electron chi connectivity index (χ1n) is 7.60. The molecule has 0 saturated carbocycles. The van der Waals surface area contributed by atoms with Gasteiger partial charge >= 0.3 is 11.9 Å². The Kier molecular flexibility index (Phi) is 8.00. The normalized spacial score (nSPS) is 23.4. The van der Waals surface area contributed by atoms with Crippen molar-refractivity contribution in [1.82, 2.24) is 0 Å². The van der Waals surface area contributed by atoms with Crippen molar-refractivity contribution in [2.24, 2.45) is 11.5 Å². The van der Waals surface area contributed by atoms with Gasteiger partial charge in [-0.05, 0) is 51.4 Å². The number of hydrogen-bond acceptors (Lipinski definition) is 5. The monoisotopic (exact) mass is 298 g/mol. The molecule has 0 radical (unpaired) electrons. The first kappa shape index (κ1) is 17.7. The van der Waals surface area contributed by atoms with Crippen molar-refractivity contribution in [3.8, 4) is 0 Å². The van der Waals surface area contributed by atoms with Crippen LogP contribution in [0, 0.1) is 0 Å². The lowest BCUT2D eigenvalue weighted by Gasteiger charge is -2.20. The molecule has 1 rings (SSSR count). The van der Waals surface area contributed by atoms with Crippen molar-refractivity contribution in [2.75, 3.05) is 0 Å². The molecule has 120 valence electrons. The number of aliphatic carboxylic acids is 1. The number of esters is 1. The van der Waals surface area contributed by atoms with Gasteiger partial charge in [-0.25, -0.2) is 0 Å². The lowest BCUT2D eigenvalue weighted by Crippen LogP contribution is -2.36. The Balaban J connectivity index is 2.26. The molecule has 2 unspecified atom stereocenters. The third-order valence-corrected chi connectivity index (χ3v) is 3.65. The van der Waals surface area contributed by atoms with Crippen LogP contribution >= 0.6 is 0 Å². The third kappa shape index (κ3) is 7.24. The molecule has 0 aromatic carbocycles. The summed E-state index contributed by atoms with van der Waals surface area (Å²) in [6, 6.07) is -1.60. The second-order valence-corrected chi connectivity index (χ2v) is 5.52. The zero-order chi connectivity index (χ0) is 15.7. The topological polar surface area (TPSA) is 116 Å². The lowest BCUT2D eigenvalue weighted by molar-refractivity contribution is -0.151. The molecule has 0 aliphatic heterocycles. The quantitative estimate of drug-likeness (QED) is 0.482. The van der Waals surface area contributed by atoms with Crippen LogP contribution in [-0.4, -0.2) is 35.2 Å². The van der Waals surface area contributed by atoms with Gasteiger partial charge < -0.3 is 21.3 Å². The van der Waals surface area contributed by atoms with E-state index < -0.39 is 24.0 Å². The highest BCUT2D eigenvalue weighted by Crippen LogP contribution is 2.16. The van der Waals surface area contributed by atoms with Crippen LogP contribution in [0.5, 0.6) is 0 Å². The van der Waals surface area contributed by atoms with Gasteiger partial charge in [-0.1, -0.05) is 12.2 Å². The van der Waals surface area contributed by atoms with E-state index in [2.05, 4.69) is 12.2 Å². The van der Waals surface area contributed by atoms with E-state index in [1.807, 2.05) is 0 Å². The van der Waals surface area contributed by atoms with Gasteiger partial charge in [0.25, 0.3) is 0 Å². The summed E-state index contributed by atoms with van der Waals surface area (Å²) < 4.78 is 5.45. The van der Waals surface area contributed by atoms with Crippen LogP contribution in [0.3, 0.4) is 0 Å². The van der Waals surface area contributed by atoms with Crippen molar-refractivity contribution >= 4 is 11.9 Å². The number of carboxylic acids is 1. The van der Waals surface area contributed by atoms with Crippen LogP contribution in [-0.2, 0) is 14.3 Å². The van der Waals surface area contributed by atoms with Gasteiger partial charge in [0.15, 0.2) is 0 Å². The van der Waals surface area contributed by atoms with Crippen LogP contribution in [0.4, 0.5) is 0 Å². The molecule has 5 N–H and O–H groups in total. The number of hydrogen-bond donors (Lipinski definition) is 3. The zero-order valence-electron chi connectivity index (χ0n) is 12.4. The largest absolute Gasteiger partial charge is 0.480 e. The van der Waals surface area contributed by atoms with E-state index in [4.69, 9.17) is 21.3 Å². The number of rotatable bonds is 7. The third-order valence-electron chi connectivity index (χ3n) is 3.65. The molecule has 0 aromatic rings. The maximum Gasteiger partial charge on any atom is 0.323 e. The Morgan fingerprint density at radius 3 is 2.52 bits per heavy atom. The highest BCUT2D eigenvalue weighted by atomic mass is 16.5. The summed E-state index contributed by atoms with van der Waals surface area (Å²) in [7, 11) is 0. The Labute approximate surface area is 125 Å². The number of carbonyl (C=O) groups is 2. The molecule has 0 saturated heterocycles. The van der Waals surface area contributed by atoms with Crippen molar-refractivity contribution in [2.45, 2.75) is 69.6 Å². The summed E-state index contributed by atoms with van der Waals surface area (Å²) in [5, 5.41) is 8.67. The van der Waals surface area contributed by atoms with E-state index in [1.54, 1.807) is 0 Å². The lowest BCUT2D eigenvalue weighted by atomic mass is 10.0. The van der Waals surface area contributed by atoms with Gasteiger partial charge in [0.2, 0.25) is 0 Å². The fourth-order valence-electron chi connectivity index (χ4n) is 2.29. The fraction of sp³-hybridized carbons (Fsp3) is 0.733. The second kappa shape index (κ2) is 9.52. The van der Waals surface area contributed by atoms with Gasteiger partial charge in [-0.2, -0.15) is 0 Å². The number of carbonyl (C=O) groups excluding carboxylic acids is 1. The molecule has 1 aliphatic rings. The summed E-state index contributed by atoms with van der Waals surface area (Å²) in [4.78, 5) is 22.5. The Bertz CT molecular complexity index is 371. The molecular weight excluding hydrogens is 272 g/mol. The Morgan fingerprint density at radius 1 is 1.14 bits per heavy atom. The highest BCUT2D eigenvalue weighted by molar-refractivity contribution is 5.75. The van der Waals surface area contributed by atoms with Gasteiger partial charge in [0.1, 0.15) is 18.2 Å². The van der Waals surface area contributed by atoms with Crippen LogP contribution in [0.2, 0.25) is 0 Å². The minimum absolute atomic E-state index is 0.0604. The van der Waals surface area contributed by atoms with Gasteiger partial charge in [0.05, 0.1) is 0 Å². The number of allylic oxidation sites excluding steroid dienone is 2. The molecule has 0 amide bonds. The molecule has 0 fully saturated rings. The van der Waals surface area contributed by atoms with Crippen LogP contribution in [0.15, 0.2) is 12.2 Å². The van der Waals surface area contributed by atoms with E-state index >= 15 is 0 Å². The molecule has 0 spiro atoms. The van der Waals surface area contributed by atoms with E-state index in [-0.39, 0.29) is 6.10 Å². The molecule has 21 heavy (non-hydrogen) atoms. The standard InChI is InChI=1S/C15H26N2O4/c16-12(14(18)19)9-6-10-13(17)15(20)21-11-7-4-2-1-3-5-8-11/h1-2,11-13H,3-10,16-17H2,(H,18,19)/b2-1-/t11?,12-,13?/m0/s1. The average molecular weight is 298 g/mol. The first-order chi connectivity index (χ1) is 10.0. The summed E-state index contributed by atoms with van der Waals surface area (Å²) in [6.45, 7) is 0. The Morgan fingerprint density at radius 2 is 1.81 bits per heavy atom. The van der Waals surface area contributed by atoms with E-state index in [1.165, 1.54) is 0 Å². The maximum absolute atomic E-state index is 11.9. The van der Waals surface area contributed by atoms with Crippen molar-refractivity contribution in [3.63, 3.8) is 0 Å². The molecule has 0 aromatic heterocycles. The second-order valence-electron chi connectivity index (χ2n) is 5.52. The predicted molar refractivity (Wildman–Crippen MR) is 79.5 cm³/mol. The Hall–Kier alpha value is -1.40. The first-order valence-corrected chi connectivity index (χ1v) is 7.60. The van der Waals surface area contributed by atoms with Crippen LogP contribution < -0.4 is 11.5 Å². The van der Waals surface area contributed by atoms with Crippen molar-refractivity contribution < 1.29 is 19.4 Å². The summed E-state index contributed by atoms with van der Waals surface area (Å²) in [6.07, 6.45) is 10.1. The summed E-state index contributed by atoms with van der Waals surface area (Å²) in [5.41, 5.74) is 11.2. The van der Waals surface area contributed by atoms with Gasteiger partial charge in [-0.15, -0.1) is 0 Å². The van der Waals surface area contributed by atoms with Gasteiger partial charge in [0, 0.05) is 0 Å². The molecule has 3 atom stereocenters. The SMILES string of the molecule is NC(CCC[C@H](N)C(=O)O)C(=O)OC1CC/C=C\CCC1. The van der Waals surface area contributed by atoms with Gasteiger partial charge in [-0.3, -0.25) is 9.59 Å². The summed E-state index contributed by atoms with van der Waals surface area (Å²) >= 11 is 0. The number of carboxylic acid groups (broad SMARTS) is 1. The number of ether oxygens (including phenoxy) is 1. The summed E-state index contributed by atoms with van der Waals surface area (Å²) in [5.74, 6) is -1.43. The highest BCUT2D eigenvalue weighted by Gasteiger charge is 2.21. The number of nitrogens with two attached hydrogens (primary N) is 2. The molecule has 6 heteroatoms. The van der Waals surface area contributed by atoms with Crippen molar-refractivity contribution in [1.29, 1.82) is 0 Å². The maximum atomic E-state index is 11.9. The molecule has 1 aliphatic carbocycles. The van der Waals surface area contributed by atoms with E-state index in [9.17, 15) is 9.59 Å². The van der Waals surface area contributed by atoms with E-state index in [0.29, 0.717) is 19.3 Å². The zero-order valence-corrected chi connectivity index (χ0v) is 12.4. The molecule has 6 nitrogen and oxygen atoms in total. The predicted octanol–water partition coefficient (Wildman–Crippen LogP) is 1.33. The molecular formula is C15H26N2O4. The average Bonchev–Trinajstić information content (AvgIpc) is 2.41. The molecule has 0 heterocycles. The smallest absolute Gasteiger partial charge is 0.323 e.